The summed E-state index contributed by atoms with van der Waals surface area (Å²) in [6.45, 7) is 0. The van der Waals surface area contributed by atoms with Crippen LogP contribution >= 0.6 is 11.3 Å². The van der Waals surface area contributed by atoms with Crippen LogP contribution in [0.3, 0.4) is 0 Å². The molecule has 0 fully saturated rings. The highest BCUT2D eigenvalue weighted by atomic mass is 32.1. The Hall–Kier alpha value is -2.38. The summed E-state index contributed by atoms with van der Waals surface area (Å²) in [7, 11) is 3.97. The van der Waals surface area contributed by atoms with Crippen LogP contribution in [0.15, 0.2) is 42.5 Å². The van der Waals surface area contributed by atoms with E-state index in [2.05, 4.69) is 6.07 Å². The summed E-state index contributed by atoms with van der Waals surface area (Å²) < 4.78 is 14.1. The summed E-state index contributed by atoms with van der Waals surface area (Å²) in [6.07, 6.45) is 0. The molecular weight excluding hydrogens is 283 g/mol. The zero-order chi connectivity index (χ0) is 15.0. The van der Waals surface area contributed by atoms with Gasteiger partial charge in [-0.15, -0.1) is 11.3 Å². The van der Waals surface area contributed by atoms with Crippen molar-refractivity contribution >= 4 is 27.1 Å². The number of fused-ring (bicyclic) bond motifs is 1. The Kier molecular flexibility index (Phi) is 3.36. The number of hydrogen-bond acceptors (Lipinski definition) is 3. The van der Waals surface area contributed by atoms with E-state index in [9.17, 15) is 9.65 Å². The van der Waals surface area contributed by atoms with Crippen molar-refractivity contribution in [2.45, 2.75) is 0 Å². The first-order valence-electron chi connectivity index (χ1n) is 6.50. The molecule has 104 valence electrons. The lowest BCUT2D eigenvalue weighted by atomic mass is 10.1. The predicted molar refractivity (Wildman–Crippen MR) is 86.3 cm³/mol. The number of rotatable bonds is 2. The van der Waals surface area contributed by atoms with Crippen LogP contribution in [-0.2, 0) is 0 Å². The summed E-state index contributed by atoms with van der Waals surface area (Å²) in [4.78, 5) is 2.92. The van der Waals surface area contributed by atoms with Crippen molar-refractivity contribution in [2.75, 3.05) is 19.0 Å². The van der Waals surface area contributed by atoms with Gasteiger partial charge in [0.05, 0.1) is 10.4 Å². The molecule has 1 heterocycles. The zero-order valence-electron chi connectivity index (χ0n) is 11.7. The summed E-state index contributed by atoms with van der Waals surface area (Å²) in [5.74, 6) is -0.275. The monoisotopic (exact) mass is 296 g/mol. The van der Waals surface area contributed by atoms with Gasteiger partial charge in [0.25, 0.3) is 0 Å². The Balaban J connectivity index is 2.18. The van der Waals surface area contributed by atoms with Crippen molar-refractivity contribution in [1.29, 1.82) is 5.26 Å². The third-order valence-corrected chi connectivity index (χ3v) is 4.61. The van der Waals surface area contributed by atoms with Crippen LogP contribution in [0.5, 0.6) is 0 Å². The van der Waals surface area contributed by atoms with Crippen molar-refractivity contribution in [3.8, 4) is 16.5 Å². The topological polar surface area (TPSA) is 27.0 Å². The summed E-state index contributed by atoms with van der Waals surface area (Å²) >= 11 is 1.45. The molecule has 2 aromatic carbocycles. The Morgan fingerprint density at radius 3 is 2.43 bits per heavy atom. The van der Waals surface area contributed by atoms with Crippen LogP contribution in [0.4, 0.5) is 10.1 Å². The molecule has 0 amide bonds. The number of anilines is 1. The maximum atomic E-state index is 13.3. The van der Waals surface area contributed by atoms with Crippen LogP contribution in [0.25, 0.3) is 20.5 Å². The number of thiophene rings is 1. The molecule has 4 heteroatoms. The Bertz CT molecular complexity index is 842. The molecule has 3 rings (SSSR count). The zero-order valence-corrected chi connectivity index (χ0v) is 12.5. The molecule has 0 spiro atoms. The second-order valence-corrected chi connectivity index (χ2v) is 6.05. The van der Waals surface area contributed by atoms with E-state index in [-0.39, 0.29) is 5.82 Å². The molecule has 0 saturated carbocycles. The van der Waals surface area contributed by atoms with Crippen molar-refractivity contribution in [3.05, 3.63) is 53.8 Å². The van der Waals surface area contributed by atoms with Crippen molar-refractivity contribution in [1.82, 2.24) is 0 Å². The third kappa shape index (κ3) is 2.37. The first-order chi connectivity index (χ1) is 10.1. The van der Waals surface area contributed by atoms with Gasteiger partial charge in [-0.2, -0.15) is 5.26 Å². The second-order valence-electron chi connectivity index (χ2n) is 5.00. The lowest BCUT2D eigenvalue weighted by Gasteiger charge is -2.12. The molecule has 0 bridgehead atoms. The van der Waals surface area contributed by atoms with Gasteiger partial charge < -0.3 is 4.90 Å². The summed E-state index contributed by atoms with van der Waals surface area (Å²) in [6, 6.07) is 14.8. The first kappa shape index (κ1) is 13.6. The number of nitrogens with zero attached hydrogens (tertiary/aromatic N) is 2. The fraction of sp³-hybridized carbons (Fsp3) is 0.118. The predicted octanol–water partition coefficient (Wildman–Crippen LogP) is 4.65. The smallest absolute Gasteiger partial charge is 0.124 e. The molecule has 0 aliphatic carbocycles. The average Bonchev–Trinajstić information content (AvgIpc) is 2.84. The van der Waals surface area contributed by atoms with Gasteiger partial charge in [0.1, 0.15) is 11.9 Å². The molecule has 1 aromatic heterocycles. The van der Waals surface area contributed by atoms with Gasteiger partial charge >= 0.3 is 0 Å². The van der Waals surface area contributed by atoms with E-state index in [1.807, 2.05) is 43.3 Å². The van der Waals surface area contributed by atoms with E-state index >= 15 is 0 Å². The Labute approximate surface area is 126 Å². The van der Waals surface area contributed by atoms with Crippen molar-refractivity contribution < 1.29 is 4.39 Å². The number of halogens is 1. The lowest BCUT2D eigenvalue weighted by molar-refractivity contribution is 0.630. The highest BCUT2D eigenvalue weighted by Crippen LogP contribution is 2.38. The van der Waals surface area contributed by atoms with Crippen LogP contribution in [-0.4, -0.2) is 14.1 Å². The van der Waals surface area contributed by atoms with E-state index in [1.54, 1.807) is 6.07 Å². The van der Waals surface area contributed by atoms with E-state index in [4.69, 9.17) is 0 Å². The molecular formula is C17H13FN2S. The molecule has 0 saturated heterocycles. The molecule has 2 nitrogen and oxygen atoms in total. The SMILES string of the molecule is CN(C)c1ccc(-c2sc3cc(F)ccc3c2C#N)cc1. The minimum atomic E-state index is -0.275. The molecule has 0 N–H and O–H groups in total. The number of nitriles is 1. The molecule has 3 aromatic rings. The maximum absolute atomic E-state index is 13.3. The van der Waals surface area contributed by atoms with Crippen molar-refractivity contribution in [2.24, 2.45) is 0 Å². The van der Waals surface area contributed by atoms with E-state index in [0.29, 0.717) is 5.56 Å². The first-order valence-corrected chi connectivity index (χ1v) is 7.31. The standard InChI is InChI=1S/C17H13FN2S/c1-20(2)13-6-3-11(4-7-13)17-15(10-19)14-8-5-12(18)9-16(14)21-17/h3-9H,1-2H3. The molecule has 0 radical (unpaired) electrons. The maximum Gasteiger partial charge on any atom is 0.124 e. The molecule has 0 atom stereocenters. The van der Waals surface area contributed by atoms with E-state index in [0.717, 1.165) is 26.2 Å². The largest absolute Gasteiger partial charge is 0.378 e. The van der Waals surface area contributed by atoms with Gasteiger partial charge in [-0.25, -0.2) is 4.39 Å². The van der Waals surface area contributed by atoms with Gasteiger partial charge in [0.15, 0.2) is 0 Å². The molecule has 21 heavy (non-hydrogen) atoms. The second kappa shape index (κ2) is 5.19. The number of hydrogen-bond donors (Lipinski definition) is 0. The third-order valence-electron chi connectivity index (χ3n) is 3.41. The average molecular weight is 296 g/mol. The van der Waals surface area contributed by atoms with E-state index in [1.165, 1.54) is 23.5 Å². The van der Waals surface area contributed by atoms with E-state index < -0.39 is 0 Å². The Morgan fingerprint density at radius 2 is 1.81 bits per heavy atom. The van der Waals surface area contributed by atoms with Gasteiger partial charge in [0.2, 0.25) is 0 Å². The summed E-state index contributed by atoms with van der Waals surface area (Å²) in [5, 5.41) is 10.2. The highest BCUT2D eigenvalue weighted by molar-refractivity contribution is 7.22. The normalized spacial score (nSPS) is 10.6. The van der Waals surface area contributed by atoms with Gasteiger partial charge in [-0.05, 0) is 35.9 Å². The fourth-order valence-corrected chi connectivity index (χ4v) is 3.48. The van der Waals surface area contributed by atoms with Crippen LogP contribution in [0.1, 0.15) is 5.56 Å². The van der Waals surface area contributed by atoms with Crippen molar-refractivity contribution in [3.63, 3.8) is 0 Å². The number of benzene rings is 2. The van der Waals surface area contributed by atoms with Gasteiger partial charge in [-0.1, -0.05) is 12.1 Å². The molecule has 0 unspecified atom stereocenters. The van der Waals surface area contributed by atoms with Crippen LogP contribution in [0.2, 0.25) is 0 Å². The molecule has 0 aliphatic rings. The Morgan fingerprint density at radius 1 is 1.10 bits per heavy atom. The van der Waals surface area contributed by atoms with Crippen LogP contribution in [0, 0.1) is 17.1 Å². The van der Waals surface area contributed by atoms with Crippen LogP contribution < -0.4 is 4.90 Å². The molecule has 0 aliphatic heterocycles. The van der Waals surface area contributed by atoms with Gasteiger partial charge in [0, 0.05) is 29.9 Å². The minimum Gasteiger partial charge on any atom is -0.378 e. The highest BCUT2D eigenvalue weighted by Gasteiger charge is 2.14. The lowest BCUT2D eigenvalue weighted by Crippen LogP contribution is -2.07. The quantitative estimate of drug-likeness (QED) is 0.688. The fourth-order valence-electron chi connectivity index (χ4n) is 2.30. The summed E-state index contributed by atoms with van der Waals surface area (Å²) in [5.41, 5.74) is 2.70. The minimum absolute atomic E-state index is 0.275. The van der Waals surface area contributed by atoms with Gasteiger partial charge in [-0.3, -0.25) is 0 Å².